The van der Waals surface area contributed by atoms with E-state index in [2.05, 4.69) is 113 Å². The maximum atomic E-state index is 12.4. The lowest BCUT2D eigenvalue weighted by Crippen LogP contribution is -2.46. The van der Waals surface area contributed by atoms with Gasteiger partial charge >= 0.3 is 24.5 Å². The van der Waals surface area contributed by atoms with E-state index >= 15 is 0 Å². The van der Waals surface area contributed by atoms with Gasteiger partial charge in [-0.2, -0.15) is 9.97 Å². The van der Waals surface area contributed by atoms with Gasteiger partial charge < -0.3 is 83.5 Å². The Balaban J connectivity index is 0.000000284. The molecule has 0 radical (unpaired) electrons. The van der Waals surface area contributed by atoms with E-state index in [0.29, 0.717) is 47.1 Å². The van der Waals surface area contributed by atoms with Crippen molar-refractivity contribution in [3.63, 3.8) is 0 Å². The molecule has 0 aliphatic carbocycles. The number of aromatic nitrogens is 12. The molecule has 34 nitrogen and oxygen atoms in total. The fraction of sp³-hybridized carbons (Fsp3) is 0.481. The molecule has 622 valence electrons. The molecule has 3 aliphatic heterocycles. The summed E-state index contributed by atoms with van der Waals surface area (Å²) in [5.41, 5.74) is 0.221. The Morgan fingerprint density at radius 3 is 1.30 bits per heavy atom. The van der Waals surface area contributed by atoms with Gasteiger partial charge in [0.2, 0.25) is 23.8 Å². The molecule has 0 atom stereocenters. The van der Waals surface area contributed by atoms with Crippen LogP contribution in [0.2, 0.25) is 0 Å². The van der Waals surface area contributed by atoms with Crippen LogP contribution in [0.25, 0.3) is 0 Å². The zero-order chi connectivity index (χ0) is 84.3. The first kappa shape index (κ1) is 95.7. The lowest BCUT2D eigenvalue weighted by molar-refractivity contribution is -0.0294. The third kappa shape index (κ3) is 39.2. The number of ether oxygens (including phenoxy) is 5. The molecule has 9 heterocycles. The van der Waals surface area contributed by atoms with E-state index in [4.69, 9.17) is 18.9 Å². The molecule has 3 aliphatic rings. The maximum absolute atomic E-state index is 12.4. The van der Waals surface area contributed by atoms with Gasteiger partial charge in [-0.05, 0) is 164 Å². The number of piperidine rings is 3. The number of nitrogens with one attached hydrogen (secondary N) is 6. The van der Waals surface area contributed by atoms with Crippen molar-refractivity contribution in [3.05, 3.63) is 186 Å². The van der Waals surface area contributed by atoms with Crippen LogP contribution >= 0.6 is 39.9 Å². The Hall–Kier alpha value is -10.6. The number of H-pyrrole nitrogens is 4. The van der Waals surface area contributed by atoms with Crippen LogP contribution in [0.4, 0.5) is 54.6 Å². The molecule has 37 heteroatoms. The second kappa shape index (κ2) is 50.5. The van der Waals surface area contributed by atoms with Gasteiger partial charge in [-0.3, -0.25) is 24.4 Å². The Morgan fingerprint density at radius 1 is 0.526 bits per heavy atom. The number of carbonyl (C=O) groups is 4. The van der Waals surface area contributed by atoms with E-state index in [1.807, 2.05) is 177 Å². The normalized spacial score (nSPS) is 13.2. The average molecular weight is 1680 g/mol. The van der Waals surface area contributed by atoms with Crippen molar-refractivity contribution in [1.82, 2.24) is 80.2 Å². The summed E-state index contributed by atoms with van der Waals surface area (Å²) < 4.78 is 25.7. The number of anilines is 6. The summed E-state index contributed by atoms with van der Waals surface area (Å²) in [5.74, 6) is 4.75. The van der Waals surface area contributed by atoms with Crippen LogP contribution in [0.1, 0.15) is 91.2 Å². The van der Waals surface area contributed by atoms with Crippen LogP contribution in [0.15, 0.2) is 158 Å². The largest absolute Gasteiger partial charge is 0.519 e. The summed E-state index contributed by atoms with van der Waals surface area (Å²) in [6.07, 6.45) is 15.2. The Labute approximate surface area is 685 Å². The number of benzene rings is 2. The van der Waals surface area contributed by atoms with Crippen LogP contribution in [0.3, 0.4) is 0 Å². The molecule has 114 heavy (non-hydrogen) atoms. The molecule has 0 unspecified atom stereocenters. The fourth-order valence-electron chi connectivity index (χ4n) is 10.1. The molecule has 2 aromatic carbocycles. The average Bonchev–Trinajstić information content (AvgIpc) is 0.796. The first-order chi connectivity index (χ1) is 54.0. The smallest absolute Gasteiger partial charge is 0.445 e. The standard InChI is InChI=1S/C20H27N5O2.C14H20N2O2.C12H21N5.C10H18O5.C6H8BrN3.C6H9N3O.C5H6N2OS.C4H4N2OS/c1-23(2)19-21-12-9-18(22-19)25-13-10-17(11-14-25)24(3)20(26)27-15-16-7-5-4-6-8-16;1-16(13-7-9-15-10-8-13)14(17)18-11-12-5-3-2-4-6-12;1-13-10-5-8-17(9-6-10)11-4-7-14-12(15-11)16(2)3;1-9(2,3)14-7(11)13-8(12)15-10(4,5)6;1-10(2)6-8-4-3-5(7)9-6;1-9(2)6-7-4-3-5(10)8-6;1-9-5-6-3-2-4(8)7-5;7-3-1-2-5-4(8)6-3/h4-9,12,17H,10-11,13-15H2,1-3H3;2-6,13,15H,7-11H2,1H3;4,7,10,13H,5-6,8-9H2,1-3H3;1-6H3;3-4H,1-2H3;3-4H,1-2H3,(H,7,8,10);2-3H,1H3,(H,6,7,8);1-2H,(H2,5,6,7,8). The number of nitrogens with zero attached hydrogens (tertiary/aromatic N) is 16. The quantitative estimate of drug-likeness (QED) is 0.0112. The second-order valence-electron chi connectivity index (χ2n) is 28.3. The van der Waals surface area contributed by atoms with Crippen molar-refractivity contribution < 1.29 is 42.9 Å². The van der Waals surface area contributed by atoms with E-state index in [1.54, 1.807) is 74.7 Å². The highest BCUT2D eigenvalue weighted by molar-refractivity contribution is 9.10. The van der Waals surface area contributed by atoms with Crippen LogP contribution in [0, 0.1) is 4.77 Å². The van der Waals surface area contributed by atoms with Gasteiger partial charge in [0.15, 0.2) is 9.93 Å². The molecule has 8 aromatic rings. The lowest BCUT2D eigenvalue weighted by Gasteiger charge is -2.36. The highest BCUT2D eigenvalue weighted by Gasteiger charge is 2.29. The molecule has 3 saturated heterocycles. The van der Waals surface area contributed by atoms with Gasteiger partial charge in [-0.15, -0.1) is 0 Å². The summed E-state index contributed by atoms with van der Waals surface area (Å²) >= 11 is 9.26. The van der Waals surface area contributed by atoms with Crippen molar-refractivity contribution in [2.45, 2.75) is 128 Å². The van der Waals surface area contributed by atoms with Crippen molar-refractivity contribution in [1.29, 1.82) is 0 Å². The topological polar surface area (TPSA) is 382 Å². The predicted molar refractivity (Wildman–Crippen MR) is 453 cm³/mol. The fourth-order valence-corrected chi connectivity index (χ4v) is 10.9. The number of amides is 2. The molecule has 0 saturated carbocycles. The molecule has 0 bridgehead atoms. The minimum Gasteiger partial charge on any atom is -0.445 e. The first-order valence-corrected chi connectivity index (χ1v) is 39.1. The molecule has 6 N–H and O–H groups in total. The Kier molecular flexibility index (Phi) is 42.4. The minimum absolute atomic E-state index is 0.102. The number of hydrogen-bond donors (Lipinski definition) is 6. The van der Waals surface area contributed by atoms with E-state index < -0.39 is 23.5 Å². The number of rotatable bonds is 14. The number of aromatic amines is 4. The van der Waals surface area contributed by atoms with Crippen LogP contribution in [-0.4, -0.2) is 246 Å². The second-order valence-corrected chi connectivity index (χ2v) is 30.3. The summed E-state index contributed by atoms with van der Waals surface area (Å²) in [6, 6.07) is 30.5. The molecule has 6 aromatic heterocycles. The highest BCUT2D eigenvalue weighted by atomic mass is 79.9. The zero-order valence-electron chi connectivity index (χ0n) is 68.6. The monoisotopic (exact) mass is 1680 g/mol. The van der Waals surface area contributed by atoms with Gasteiger partial charge in [-0.25, -0.2) is 49.1 Å². The third-order valence-corrected chi connectivity index (χ3v) is 17.3. The zero-order valence-corrected chi connectivity index (χ0v) is 71.8. The third-order valence-electron chi connectivity index (χ3n) is 16.0. The maximum Gasteiger partial charge on any atom is 0.519 e. The van der Waals surface area contributed by atoms with E-state index in [9.17, 15) is 33.6 Å². The van der Waals surface area contributed by atoms with E-state index in [-0.39, 0.29) is 34.9 Å². The molecule has 3 fully saturated rings. The van der Waals surface area contributed by atoms with Gasteiger partial charge in [0.1, 0.15) is 40.7 Å². The SMILES string of the molecule is CC(C)(C)OC(=O)OC(=O)OC(C)(C)C.CN(C(=O)OCc1ccccc1)C1CCNCC1.CN(C)c1nccc(=O)[nH]1.CN(C)c1nccc(Br)n1.CN(C)c1nccc(N2CCC(N(C)C(=O)OCc3ccccc3)CC2)n1.CNC1CCN(c2ccnc(N(C)C)n2)CC1.CSc1nccc(=O)[nH]1.O=c1cc[nH]c(=S)[nH]1. The molecular formula is C77H113BrN22O12S2. The molecule has 0 spiro atoms. The van der Waals surface area contributed by atoms with Crippen molar-refractivity contribution >= 4 is 99.8 Å². The van der Waals surface area contributed by atoms with Gasteiger partial charge in [0, 0.05) is 170 Å². The number of hydrogen-bond acceptors (Lipinski definition) is 30. The van der Waals surface area contributed by atoms with Gasteiger partial charge in [0.25, 0.3) is 16.7 Å². The van der Waals surface area contributed by atoms with Crippen LogP contribution in [-0.2, 0) is 36.9 Å². The Bertz CT molecular complexity index is 4310. The number of thioether (sulfide) groups is 1. The number of carbonyl (C=O) groups excluding carboxylic acids is 4. The molecule has 2 amide bonds. The summed E-state index contributed by atoms with van der Waals surface area (Å²) in [7, 11) is 20.9. The summed E-state index contributed by atoms with van der Waals surface area (Å²) in [6.45, 7) is 16.4. The number of halogens is 1. The minimum atomic E-state index is -1.06. The van der Waals surface area contributed by atoms with Crippen LogP contribution < -0.4 is 56.7 Å². The molecular weight excluding hydrogens is 1570 g/mol. The van der Waals surface area contributed by atoms with E-state index in [1.165, 1.54) is 61.4 Å². The van der Waals surface area contributed by atoms with E-state index in [0.717, 1.165) is 104 Å². The molecule has 11 rings (SSSR count). The van der Waals surface area contributed by atoms with Crippen LogP contribution in [0.5, 0.6) is 0 Å². The lowest BCUT2D eigenvalue weighted by atomic mass is 10.0. The van der Waals surface area contributed by atoms with Gasteiger partial charge in [-0.1, -0.05) is 72.4 Å². The summed E-state index contributed by atoms with van der Waals surface area (Å²) in [4.78, 5) is 137. The van der Waals surface area contributed by atoms with Gasteiger partial charge in [0.05, 0.1) is 0 Å². The van der Waals surface area contributed by atoms with Crippen molar-refractivity contribution in [2.75, 3.05) is 152 Å². The van der Waals surface area contributed by atoms with Crippen molar-refractivity contribution in [2.24, 2.45) is 0 Å². The Morgan fingerprint density at radius 2 is 0.939 bits per heavy atom. The predicted octanol–water partition coefficient (Wildman–Crippen LogP) is 10.5. The van der Waals surface area contributed by atoms with Crippen molar-refractivity contribution in [3.8, 4) is 0 Å². The highest BCUT2D eigenvalue weighted by Crippen LogP contribution is 2.24. The summed E-state index contributed by atoms with van der Waals surface area (Å²) in [5, 5.41) is 7.28. The first-order valence-electron chi connectivity index (χ1n) is 36.7.